The van der Waals surface area contributed by atoms with Crippen LogP contribution in [0, 0.1) is 11.7 Å². The van der Waals surface area contributed by atoms with Crippen molar-refractivity contribution in [1.29, 1.82) is 0 Å². The zero-order chi connectivity index (χ0) is 16.2. The molecule has 6 heteroatoms. The molecule has 0 atom stereocenters. The van der Waals surface area contributed by atoms with E-state index in [9.17, 15) is 9.18 Å². The third-order valence-electron chi connectivity index (χ3n) is 4.18. The normalized spacial score (nSPS) is 15.6. The van der Waals surface area contributed by atoms with Crippen LogP contribution in [0.3, 0.4) is 0 Å². The van der Waals surface area contributed by atoms with Gasteiger partial charge in [-0.05, 0) is 43.0 Å². The smallest absolute Gasteiger partial charge is 0.272 e. The van der Waals surface area contributed by atoms with Crippen LogP contribution in [0.1, 0.15) is 23.3 Å². The first-order chi connectivity index (χ1) is 11.1. The van der Waals surface area contributed by atoms with Gasteiger partial charge in [0.1, 0.15) is 11.5 Å². The number of hydrogen-bond donors (Lipinski definition) is 0. The molecular weight excluding hydrogens is 297 g/mol. The first-order valence-corrected chi connectivity index (χ1v) is 7.76. The molecule has 0 unspecified atom stereocenters. The van der Waals surface area contributed by atoms with E-state index in [4.69, 9.17) is 4.74 Å². The first kappa shape index (κ1) is 15.7. The lowest BCUT2D eigenvalue weighted by molar-refractivity contribution is 0.0494. The quantitative estimate of drug-likeness (QED) is 0.870. The van der Waals surface area contributed by atoms with Gasteiger partial charge in [-0.1, -0.05) is 0 Å². The fraction of sp³-hybridized carbons (Fsp3) is 0.412. The molecule has 2 aromatic rings. The van der Waals surface area contributed by atoms with Crippen LogP contribution >= 0.6 is 0 Å². The number of aromatic nitrogens is 2. The highest BCUT2D eigenvalue weighted by molar-refractivity contribution is 5.92. The molecule has 5 nitrogen and oxygen atoms in total. The summed E-state index contributed by atoms with van der Waals surface area (Å²) in [6.45, 7) is 2.23. The molecule has 0 radical (unpaired) electrons. The molecule has 2 heterocycles. The molecule has 122 valence electrons. The van der Waals surface area contributed by atoms with Crippen molar-refractivity contribution < 1.29 is 13.9 Å². The molecule has 23 heavy (non-hydrogen) atoms. The van der Waals surface area contributed by atoms with Gasteiger partial charge in [0, 0.05) is 32.5 Å². The van der Waals surface area contributed by atoms with Gasteiger partial charge in [-0.3, -0.25) is 9.36 Å². The fourth-order valence-corrected chi connectivity index (χ4v) is 2.86. The Balaban J connectivity index is 1.74. The largest absolute Gasteiger partial charge is 0.381 e. The second kappa shape index (κ2) is 6.91. The molecule has 1 fully saturated rings. The van der Waals surface area contributed by atoms with Crippen molar-refractivity contribution in [1.82, 2.24) is 14.5 Å². The third kappa shape index (κ3) is 3.59. The van der Waals surface area contributed by atoms with Crippen molar-refractivity contribution in [2.75, 3.05) is 26.8 Å². The van der Waals surface area contributed by atoms with Crippen LogP contribution in [0.5, 0.6) is 0 Å². The number of amides is 1. The van der Waals surface area contributed by atoms with Crippen LogP contribution in [0.25, 0.3) is 5.69 Å². The Labute approximate surface area is 134 Å². The zero-order valence-electron chi connectivity index (χ0n) is 13.1. The Morgan fingerprint density at radius 1 is 1.35 bits per heavy atom. The lowest BCUT2D eigenvalue weighted by Crippen LogP contribution is -2.35. The lowest BCUT2D eigenvalue weighted by Gasteiger charge is -2.27. The van der Waals surface area contributed by atoms with Gasteiger partial charge in [-0.25, -0.2) is 9.37 Å². The molecule has 1 aromatic heterocycles. The van der Waals surface area contributed by atoms with Gasteiger partial charge in [0.25, 0.3) is 5.91 Å². The third-order valence-corrected chi connectivity index (χ3v) is 4.18. The molecule has 0 aliphatic carbocycles. The summed E-state index contributed by atoms with van der Waals surface area (Å²) < 4.78 is 20.1. The maximum Gasteiger partial charge on any atom is 0.272 e. The number of halogens is 1. The number of rotatable bonds is 4. The Bertz CT molecular complexity index is 663. The van der Waals surface area contributed by atoms with E-state index < -0.39 is 0 Å². The molecule has 1 aliphatic rings. The number of carbonyl (C=O) groups excluding carboxylic acids is 1. The highest BCUT2D eigenvalue weighted by Crippen LogP contribution is 2.18. The van der Waals surface area contributed by atoms with E-state index in [0.717, 1.165) is 26.1 Å². The molecule has 0 N–H and O–H groups in total. The Morgan fingerprint density at radius 3 is 2.74 bits per heavy atom. The van der Waals surface area contributed by atoms with Crippen molar-refractivity contribution >= 4 is 5.91 Å². The Hall–Kier alpha value is -2.21. The SMILES string of the molecule is CN(CC1CCOCC1)C(=O)c1cncn1-c1ccc(F)cc1. The van der Waals surface area contributed by atoms with Gasteiger partial charge in [0.15, 0.2) is 0 Å². The number of benzene rings is 1. The van der Waals surface area contributed by atoms with Crippen LogP contribution in [-0.2, 0) is 4.74 Å². The van der Waals surface area contributed by atoms with Crippen LogP contribution in [-0.4, -0.2) is 47.2 Å². The van der Waals surface area contributed by atoms with Crippen LogP contribution in [0.2, 0.25) is 0 Å². The van der Waals surface area contributed by atoms with E-state index in [0.29, 0.717) is 23.8 Å². The second-order valence-electron chi connectivity index (χ2n) is 5.87. The average Bonchev–Trinajstić information content (AvgIpc) is 3.05. The summed E-state index contributed by atoms with van der Waals surface area (Å²) in [6, 6.07) is 6.00. The van der Waals surface area contributed by atoms with Crippen molar-refractivity contribution in [2.24, 2.45) is 5.92 Å². The van der Waals surface area contributed by atoms with Crippen molar-refractivity contribution in [3.05, 3.63) is 48.3 Å². The molecule has 0 spiro atoms. The highest BCUT2D eigenvalue weighted by Gasteiger charge is 2.22. The van der Waals surface area contributed by atoms with Gasteiger partial charge >= 0.3 is 0 Å². The molecule has 1 aromatic carbocycles. The maximum atomic E-state index is 13.1. The average molecular weight is 317 g/mol. The van der Waals surface area contributed by atoms with Gasteiger partial charge in [-0.2, -0.15) is 0 Å². The predicted octanol–water partition coefficient (Wildman–Crippen LogP) is 2.51. The Morgan fingerprint density at radius 2 is 2.04 bits per heavy atom. The zero-order valence-corrected chi connectivity index (χ0v) is 13.1. The highest BCUT2D eigenvalue weighted by atomic mass is 19.1. The van der Waals surface area contributed by atoms with E-state index in [1.165, 1.54) is 12.1 Å². The Kier molecular flexibility index (Phi) is 4.71. The van der Waals surface area contributed by atoms with Crippen LogP contribution in [0.4, 0.5) is 4.39 Å². The maximum absolute atomic E-state index is 13.1. The van der Waals surface area contributed by atoms with E-state index in [1.807, 2.05) is 0 Å². The summed E-state index contributed by atoms with van der Waals surface area (Å²) in [5, 5.41) is 0. The van der Waals surface area contributed by atoms with Crippen molar-refractivity contribution in [3.63, 3.8) is 0 Å². The summed E-state index contributed by atoms with van der Waals surface area (Å²) in [5.41, 5.74) is 1.19. The second-order valence-corrected chi connectivity index (χ2v) is 5.87. The number of nitrogens with zero attached hydrogens (tertiary/aromatic N) is 3. The van der Waals surface area contributed by atoms with Crippen molar-refractivity contribution in [3.8, 4) is 5.69 Å². The molecule has 3 rings (SSSR count). The number of hydrogen-bond acceptors (Lipinski definition) is 3. The summed E-state index contributed by atoms with van der Waals surface area (Å²) in [5.74, 6) is 0.0802. The topological polar surface area (TPSA) is 47.4 Å². The number of carbonyl (C=O) groups is 1. The standard InChI is InChI=1S/C17H20FN3O2/c1-20(11-13-6-8-23-9-7-13)17(22)16-10-19-12-21(16)15-4-2-14(18)3-5-15/h2-5,10,12-13H,6-9,11H2,1H3. The number of ether oxygens (including phenoxy) is 1. The van der Waals surface area contributed by atoms with E-state index >= 15 is 0 Å². The van der Waals surface area contributed by atoms with E-state index in [1.54, 1.807) is 41.2 Å². The summed E-state index contributed by atoms with van der Waals surface area (Å²) in [4.78, 5) is 18.5. The van der Waals surface area contributed by atoms with E-state index in [2.05, 4.69) is 4.98 Å². The van der Waals surface area contributed by atoms with Crippen LogP contribution in [0.15, 0.2) is 36.8 Å². The fourth-order valence-electron chi connectivity index (χ4n) is 2.86. The summed E-state index contributed by atoms with van der Waals surface area (Å²) >= 11 is 0. The molecule has 1 saturated heterocycles. The molecule has 1 amide bonds. The van der Waals surface area contributed by atoms with E-state index in [-0.39, 0.29) is 11.7 Å². The molecule has 0 saturated carbocycles. The molecule has 0 bridgehead atoms. The predicted molar refractivity (Wildman–Crippen MR) is 84.0 cm³/mol. The lowest BCUT2D eigenvalue weighted by atomic mass is 10.00. The van der Waals surface area contributed by atoms with Gasteiger partial charge < -0.3 is 9.64 Å². The number of imidazole rings is 1. The minimum absolute atomic E-state index is 0.0849. The summed E-state index contributed by atoms with van der Waals surface area (Å²) in [6.07, 6.45) is 5.08. The minimum atomic E-state index is -0.307. The van der Waals surface area contributed by atoms with Gasteiger partial charge in [-0.15, -0.1) is 0 Å². The van der Waals surface area contributed by atoms with Crippen molar-refractivity contribution in [2.45, 2.75) is 12.8 Å². The summed E-state index contributed by atoms with van der Waals surface area (Å²) in [7, 11) is 1.81. The monoisotopic (exact) mass is 317 g/mol. The van der Waals surface area contributed by atoms with Gasteiger partial charge in [0.2, 0.25) is 0 Å². The molecular formula is C17H20FN3O2. The van der Waals surface area contributed by atoms with Crippen LogP contribution < -0.4 is 0 Å². The molecule has 1 aliphatic heterocycles. The minimum Gasteiger partial charge on any atom is -0.381 e. The van der Waals surface area contributed by atoms with Gasteiger partial charge in [0.05, 0.1) is 12.5 Å². The first-order valence-electron chi connectivity index (χ1n) is 7.76.